The predicted octanol–water partition coefficient (Wildman–Crippen LogP) is 2.63. The molecule has 1 aromatic carbocycles. The topological polar surface area (TPSA) is 26.3 Å². The molecule has 0 aromatic heterocycles. The smallest absolute Gasteiger partial charge is 0.185 e. The van der Waals surface area contributed by atoms with Gasteiger partial charge in [0.2, 0.25) is 0 Å². The number of allylic oxidation sites excluding steroid dienone is 1. The summed E-state index contributed by atoms with van der Waals surface area (Å²) in [5, 5.41) is 0. The minimum atomic E-state index is -0.0549. The van der Waals surface area contributed by atoms with Gasteiger partial charge in [-0.3, -0.25) is 4.79 Å². The monoisotopic (exact) mass is 190 g/mol. The molecule has 0 aliphatic heterocycles. The Labute approximate surface area is 84.2 Å². The summed E-state index contributed by atoms with van der Waals surface area (Å²) in [4.78, 5) is 11.5. The van der Waals surface area contributed by atoms with Crippen molar-refractivity contribution in [3.8, 4) is 5.75 Å². The Kier molecular flexibility index (Phi) is 3.46. The van der Waals surface area contributed by atoms with Crippen molar-refractivity contribution in [3.63, 3.8) is 0 Å². The third kappa shape index (κ3) is 2.02. The van der Waals surface area contributed by atoms with E-state index in [-0.39, 0.29) is 5.78 Å². The van der Waals surface area contributed by atoms with E-state index < -0.39 is 0 Å². The van der Waals surface area contributed by atoms with Crippen LogP contribution in [0.25, 0.3) is 0 Å². The fraction of sp³-hybridized carbons (Fsp3) is 0.250. The van der Waals surface area contributed by atoms with Crippen molar-refractivity contribution < 1.29 is 9.53 Å². The fourth-order valence-corrected chi connectivity index (χ4v) is 1.33. The molecule has 0 bridgehead atoms. The lowest BCUT2D eigenvalue weighted by molar-refractivity contribution is 0.104. The highest BCUT2D eigenvalue weighted by molar-refractivity contribution is 6.05. The van der Waals surface area contributed by atoms with Crippen molar-refractivity contribution in [1.82, 2.24) is 0 Å². The van der Waals surface area contributed by atoms with Gasteiger partial charge in [-0.25, -0.2) is 0 Å². The molecule has 0 unspecified atom stereocenters. The van der Waals surface area contributed by atoms with Crippen LogP contribution >= 0.6 is 0 Å². The Morgan fingerprint density at radius 2 is 2.29 bits per heavy atom. The molecule has 2 heteroatoms. The Balaban J connectivity index is 3.21. The second kappa shape index (κ2) is 4.61. The minimum absolute atomic E-state index is 0.0549. The van der Waals surface area contributed by atoms with E-state index in [1.165, 1.54) is 6.08 Å². The zero-order chi connectivity index (χ0) is 10.6. The number of aryl methyl sites for hydroxylation is 1. The maximum absolute atomic E-state index is 11.5. The molecule has 0 radical (unpaired) electrons. The van der Waals surface area contributed by atoms with E-state index in [0.29, 0.717) is 11.3 Å². The number of ether oxygens (including phenoxy) is 1. The summed E-state index contributed by atoms with van der Waals surface area (Å²) in [5.74, 6) is 0.646. The van der Waals surface area contributed by atoms with E-state index >= 15 is 0 Å². The molecule has 0 saturated carbocycles. The molecule has 0 N–H and O–H groups in total. The van der Waals surface area contributed by atoms with Crippen LogP contribution in [0.1, 0.15) is 22.8 Å². The van der Waals surface area contributed by atoms with Gasteiger partial charge >= 0.3 is 0 Å². The van der Waals surface area contributed by atoms with Crippen LogP contribution in [-0.4, -0.2) is 12.9 Å². The number of hydrogen-bond donors (Lipinski definition) is 0. The summed E-state index contributed by atoms with van der Waals surface area (Å²) < 4.78 is 5.06. The van der Waals surface area contributed by atoms with Gasteiger partial charge in [0.1, 0.15) is 5.75 Å². The molecule has 2 nitrogen and oxygen atoms in total. The van der Waals surface area contributed by atoms with E-state index in [2.05, 4.69) is 6.58 Å². The van der Waals surface area contributed by atoms with Crippen LogP contribution in [0.15, 0.2) is 30.9 Å². The SMILES string of the molecule is C=CC(=O)c1cc(OC)ccc1CC. The summed E-state index contributed by atoms with van der Waals surface area (Å²) in [6, 6.07) is 5.52. The lowest BCUT2D eigenvalue weighted by Gasteiger charge is -2.06. The quantitative estimate of drug-likeness (QED) is 0.539. The molecule has 1 aromatic rings. The highest BCUT2D eigenvalue weighted by Crippen LogP contribution is 2.18. The van der Waals surface area contributed by atoms with E-state index in [9.17, 15) is 4.79 Å². The maximum Gasteiger partial charge on any atom is 0.185 e. The van der Waals surface area contributed by atoms with Crippen molar-refractivity contribution in [1.29, 1.82) is 0 Å². The zero-order valence-corrected chi connectivity index (χ0v) is 8.54. The van der Waals surface area contributed by atoms with Crippen molar-refractivity contribution in [2.24, 2.45) is 0 Å². The first-order valence-corrected chi connectivity index (χ1v) is 4.56. The summed E-state index contributed by atoms with van der Waals surface area (Å²) >= 11 is 0. The van der Waals surface area contributed by atoms with Gasteiger partial charge in [0.25, 0.3) is 0 Å². The highest BCUT2D eigenvalue weighted by Gasteiger charge is 2.08. The second-order valence-electron chi connectivity index (χ2n) is 2.95. The Morgan fingerprint density at radius 1 is 1.57 bits per heavy atom. The largest absolute Gasteiger partial charge is 0.497 e. The Bertz CT molecular complexity index is 353. The highest BCUT2D eigenvalue weighted by atomic mass is 16.5. The average Bonchev–Trinajstić information content (AvgIpc) is 2.27. The molecule has 0 aliphatic rings. The van der Waals surface area contributed by atoms with Gasteiger partial charge in [-0.05, 0) is 30.2 Å². The summed E-state index contributed by atoms with van der Waals surface area (Å²) in [7, 11) is 1.59. The van der Waals surface area contributed by atoms with Crippen LogP contribution in [0.2, 0.25) is 0 Å². The molecular weight excluding hydrogens is 176 g/mol. The van der Waals surface area contributed by atoms with Crippen LogP contribution in [0, 0.1) is 0 Å². The molecule has 0 spiro atoms. The molecule has 0 fully saturated rings. The third-order valence-electron chi connectivity index (χ3n) is 2.15. The first kappa shape index (κ1) is 10.5. The van der Waals surface area contributed by atoms with Gasteiger partial charge in [-0.1, -0.05) is 19.6 Å². The molecule has 74 valence electrons. The van der Waals surface area contributed by atoms with Crippen LogP contribution in [0.3, 0.4) is 0 Å². The number of carbonyl (C=O) groups excluding carboxylic acids is 1. The summed E-state index contributed by atoms with van der Waals surface area (Å²) in [5.41, 5.74) is 1.71. The number of hydrogen-bond acceptors (Lipinski definition) is 2. The van der Waals surface area contributed by atoms with Crippen molar-refractivity contribution >= 4 is 5.78 Å². The number of carbonyl (C=O) groups is 1. The molecular formula is C12H14O2. The van der Waals surface area contributed by atoms with Gasteiger partial charge in [-0.2, -0.15) is 0 Å². The lowest BCUT2D eigenvalue weighted by atomic mass is 10.0. The predicted molar refractivity (Wildman–Crippen MR) is 56.9 cm³/mol. The first-order valence-electron chi connectivity index (χ1n) is 4.56. The van der Waals surface area contributed by atoms with Crippen LogP contribution < -0.4 is 4.74 Å². The van der Waals surface area contributed by atoms with E-state index in [0.717, 1.165) is 12.0 Å². The number of rotatable bonds is 4. The standard InChI is InChI=1S/C12H14O2/c1-4-9-6-7-10(14-3)8-11(9)12(13)5-2/h5-8H,2,4H2,1,3H3. The van der Waals surface area contributed by atoms with Gasteiger partial charge < -0.3 is 4.74 Å². The first-order chi connectivity index (χ1) is 6.72. The van der Waals surface area contributed by atoms with Crippen molar-refractivity contribution in [3.05, 3.63) is 42.0 Å². The van der Waals surface area contributed by atoms with Gasteiger partial charge in [0, 0.05) is 5.56 Å². The number of benzene rings is 1. The van der Waals surface area contributed by atoms with Crippen LogP contribution in [0.5, 0.6) is 5.75 Å². The molecule has 0 saturated heterocycles. The van der Waals surface area contributed by atoms with E-state index in [4.69, 9.17) is 4.74 Å². The van der Waals surface area contributed by atoms with E-state index in [1.54, 1.807) is 13.2 Å². The normalized spacial score (nSPS) is 9.57. The van der Waals surface area contributed by atoms with Gasteiger partial charge in [0.05, 0.1) is 7.11 Å². The van der Waals surface area contributed by atoms with Crippen LogP contribution in [-0.2, 0) is 6.42 Å². The second-order valence-corrected chi connectivity index (χ2v) is 2.95. The molecule has 1 rings (SSSR count). The third-order valence-corrected chi connectivity index (χ3v) is 2.15. The summed E-state index contributed by atoms with van der Waals surface area (Å²) in [6.45, 7) is 5.49. The minimum Gasteiger partial charge on any atom is -0.497 e. The Hall–Kier alpha value is -1.57. The molecule has 0 atom stereocenters. The van der Waals surface area contributed by atoms with Crippen LogP contribution in [0.4, 0.5) is 0 Å². The fourth-order valence-electron chi connectivity index (χ4n) is 1.33. The summed E-state index contributed by atoms with van der Waals surface area (Å²) in [6.07, 6.45) is 2.16. The Morgan fingerprint density at radius 3 is 2.79 bits per heavy atom. The molecule has 0 aliphatic carbocycles. The van der Waals surface area contributed by atoms with Gasteiger partial charge in [0.15, 0.2) is 5.78 Å². The number of ketones is 1. The molecule has 14 heavy (non-hydrogen) atoms. The maximum atomic E-state index is 11.5. The lowest BCUT2D eigenvalue weighted by Crippen LogP contribution is -2.00. The van der Waals surface area contributed by atoms with E-state index in [1.807, 2.05) is 19.1 Å². The van der Waals surface area contributed by atoms with Crippen molar-refractivity contribution in [2.75, 3.05) is 7.11 Å². The van der Waals surface area contributed by atoms with Crippen molar-refractivity contribution in [2.45, 2.75) is 13.3 Å². The molecule has 0 amide bonds. The molecule has 0 heterocycles. The average molecular weight is 190 g/mol. The number of methoxy groups -OCH3 is 1. The zero-order valence-electron chi connectivity index (χ0n) is 8.54. The van der Waals surface area contributed by atoms with Gasteiger partial charge in [-0.15, -0.1) is 0 Å².